The molecule has 2 rings (SSSR count). The lowest BCUT2D eigenvalue weighted by Crippen LogP contribution is -2.04. The van der Waals surface area contributed by atoms with Gasteiger partial charge in [0, 0.05) is 11.8 Å². The molecule has 0 saturated heterocycles. The van der Waals surface area contributed by atoms with Gasteiger partial charge >= 0.3 is 0 Å². The summed E-state index contributed by atoms with van der Waals surface area (Å²) in [4.78, 5) is 16.4. The third kappa shape index (κ3) is 3.19. The van der Waals surface area contributed by atoms with Crippen LogP contribution in [0.5, 0.6) is 5.75 Å². The van der Waals surface area contributed by atoms with Crippen LogP contribution in [-0.2, 0) is 0 Å². The Morgan fingerprint density at radius 1 is 1.33 bits per heavy atom. The summed E-state index contributed by atoms with van der Waals surface area (Å²) in [5.74, 6) is 0.767. The van der Waals surface area contributed by atoms with Gasteiger partial charge in [0.1, 0.15) is 5.75 Å². The molecular weight excluding hydrogens is 226 g/mol. The molecule has 0 saturated carbocycles. The molecule has 0 atom stereocenters. The topological polar surface area (TPSA) is 39.2 Å². The normalized spacial score (nSPS) is 15.7. The van der Waals surface area contributed by atoms with E-state index in [1.165, 1.54) is 12.8 Å². The Morgan fingerprint density at radius 3 is 3.06 bits per heavy atom. The van der Waals surface area contributed by atoms with E-state index < -0.39 is 0 Å². The number of carbonyl (C=O) groups excluding carboxylic acids is 1. The first-order chi connectivity index (χ1) is 8.81. The number of Topliss-reactive ketones (excluding diaryl/α,β-unsaturated/α-hetero) is 1. The number of hydrogen-bond acceptors (Lipinski definition) is 3. The fraction of sp³-hybridized carbons (Fsp3) is 0.467. The number of rotatable bonds is 4. The molecular formula is C15H19NO2. The quantitative estimate of drug-likeness (QED) is 0.761. The van der Waals surface area contributed by atoms with Crippen LogP contribution < -0.4 is 4.74 Å². The molecule has 3 nitrogen and oxygen atoms in total. The van der Waals surface area contributed by atoms with Crippen LogP contribution in [0.2, 0.25) is 0 Å². The van der Waals surface area contributed by atoms with E-state index in [0.717, 1.165) is 24.8 Å². The molecule has 1 aromatic rings. The van der Waals surface area contributed by atoms with Gasteiger partial charge in [-0.05, 0) is 44.2 Å². The van der Waals surface area contributed by atoms with E-state index in [-0.39, 0.29) is 5.78 Å². The molecule has 0 spiro atoms. The maximum absolute atomic E-state index is 12.3. The predicted octanol–water partition coefficient (Wildman–Crippen LogP) is 3.55. The molecule has 0 aromatic carbocycles. The van der Waals surface area contributed by atoms with Gasteiger partial charge in [0.2, 0.25) is 0 Å². The first-order valence-corrected chi connectivity index (χ1v) is 6.63. The first-order valence-electron chi connectivity index (χ1n) is 6.63. The largest absolute Gasteiger partial charge is 0.492 e. The van der Waals surface area contributed by atoms with Crippen LogP contribution in [0.15, 0.2) is 30.1 Å². The highest BCUT2D eigenvalue weighted by Crippen LogP contribution is 2.22. The number of hydrogen-bond donors (Lipinski definition) is 0. The zero-order valence-corrected chi connectivity index (χ0v) is 10.8. The molecule has 0 aliphatic heterocycles. The maximum atomic E-state index is 12.3. The SMILES string of the molecule is CCOc1cncc(C(=O)C2=CCCCCC2)c1. The van der Waals surface area contributed by atoms with Crippen LogP contribution in [0.3, 0.4) is 0 Å². The number of carbonyl (C=O) groups is 1. The van der Waals surface area contributed by atoms with Crippen molar-refractivity contribution in [1.82, 2.24) is 4.98 Å². The average Bonchev–Trinajstić information content (AvgIpc) is 2.67. The zero-order valence-electron chi connectivity index (χ0n) is 10.8. The molecule has 1 aromatic heterocycles. The van der Waals surface area contributed by atoms with E-state index in [1.807, 2.05) is 6.92 Å². The van der Waals surface area contributed by atoms with Crippen molar-refractivity contribution in [3.05, 3.63) is 35.7 Å². The Balaban J connectivity index is 2.16. The van der Waals surface area contributed by atoms with Gasteiger partial charge in [0.25, 0.3) is 0 Å². The maximum Gasteiger partial charge on any atom is 0.190 e. The third-order valence-electron chi connectivity index (χ3n) is 3.12. The molecule has 96 valence electrons. The summed E-state index contributed by atoms with van der Waals surface area (Å²) >= 11 is 0. The van der Waals surface area contributed by atoms with Crippen molar-refractivity contribution in [2.24, 2.45) is 0 Å². The molecule has 1 heterocycles. The van der Waals surface area contributed by atoms with E-state index in [1.54, 1.807) is 18.5 Å². The van der Waals surface area contributed by atoms with Gasteiger partial charge in [0.15, 0.2) is 5.78 Å². The highest BCUT2D eigenvalue weighted by Gasteiger charge is 2.14. The van der Waals surface area contributed by atoms with Crippen LogP contribution in [0.4, 0.5) is 0 Å². The molecule has 3 heteroatoms. The number of ketones is 1. The van der Waals surface area contributed by atoms with Crippen molar-refractivity contribution >= 4 is 5.78 Å². The van der Waals surface area contributed by atoms with Crippen molar-refractivity contribution in [3.63, 3.8) is 0 Å². The molecule has 1 aliphatic rings. The fourth-order valence-electron chi connectivity index (χ4n) is 2.20. The monoisotopic (exact) mass is 245 g/mol. The van der Waals surface area contributed by atoms with Crippen LogP contribution in [0, 0.1) is 0 Å². The fourth-order valence-corrected chi connectivity index (χ4v) is 2.20. The van der Waals surface area contributed by atoms with Crippen LogP contribution in [0.25, 0.3) is 0 Å². The van der Waals surface area contributed by atoms with E-state index in [4.69, 9.17) is 4.74 Å². The summed E-state index contributed by atoms with van der Waals surface area (Å²) in [6.45, 7) is 2.50. The van der Waals surface area contributed by atoms with Crippen molar-refractivity contribution in [3.8, 4) is 5.75 Å². The van der Waals surface area contributed by atoms with Crippen molar-refractivity contribution in [2.75, 3.05) is 6.61 Å². The van der Waals surface area contributed by atoms with Gasteiger partial charge in [0.05, 0.1) is 12.8 Å². The van der Waals surface area contributed by atoms with Crippen molar-refractivity contribution in [2.45, 2.75) is 39.0 Å². The highest BCUT2D eigenvalue weighted by molar-refractivity contribution is 6.08. The van der Waals surface area contributed by atoms with Crippen LogP contribution >= 0.6 is 0 Å². The Hall–Kier alpha value is -1.64. The van der Waals surface area contributed by atoms with Gasteiger partial charge in [-0.3, -0.25) is 9.78 Å². The molecule has 0 fully saturated rings. The summed E-state index contributed by atoms with van der Waals surface area (Å²) in [5.41, 5.74) is 1.57. The zero-order chi connectivity index (χ0) is 12.8. The highest BCUT2D eigenvalue weighted by atomic mass is 16.5. The van der Waals surface area contributed by atoms with Crippen LogP contribution in [0.1, 0.15) is 49.4 Å². The first kappa shape index (κ1) is 12.8. The number of nitrogens with zero attached hydrogens (tertiary/aromatic N) is 1. The lowest BCUT2D eigenvalue weighted by atomic mass is 10.0. The van der Waals surface area contributed by atoms with Crippen molar-refractivity contribution < 1.29 is 9.53 Å². The second kappa shape index (κ2) is 6.34. The standard InChI is InChI=1S/C15H19NO2/c1-2-18-14-9-13(10-16-11-14)15(17)12-7-5-3-4-6-8-12/h7,9-11H,2-6,8H2,1H3. The van der Waals surface area contributed by atoms with Gasteiger partial charge in [-0.2, -0.15) is 0 Å². The molecule has 0 bridgehead atoms. The van der Waals surface area contributed by atoms with Gasteiger partial charge in [-0.25, -0.2) is 0 Å². The van der Waals surface area contributed by atoms with Gasteiger partial charge < -0.3 is 4.74 Å². The summed E-state index contributed by atoms with van der Waals surface area (Å²) in [6.07, 6.45) is 10.8. The molecule has 0 unspecified atom stereocenters. The molecule has 1 aliphatic carbocycles. The summed E-state index contributed by atoms with van der Waals surface area (Å²) in [7, 11) is 0. The van der Waals surface area contributed by atoms with Gasteiger partial charge in [-0.15, -0.1) is 0 Å². The predicted molar refractivity (Wildman–Crippen MR) is 70.9 cm³/mol. The molecule has 0 N–H and O–H groups in total. The lowest BCUT2D eigenvalue weighted by molar-refractivity contribution is 0.102. The van der Waals surface area contributed by atoms with E-state index in [2.05, 4.69) is 11.1 Å². The van der Waals surface area contributed by atoms with E-state index >= 15 is 0 Å². The number of aromatic nitrogens is 1. The molecule has 0 amide bonds. The second-order valence-corrected chi connectivity index (χ2v) is 4.50. The smallest absolute Gasteiger partial charge is 0.190 e. The Labute approximate surface area is 108 Å². The number of ether oxygens (including phenoxy) is 1. The second-order valence-electron chi connectivity index (χ2n) is 4.50. The minimum absolute atomic E-state index is 0.103. The van der Waals surface area contributed by atoms with E-state index in [0.29, 0.717) is 17.9 Å². The number of pyridine rings is 1. The molecule has 0 radical (unpaired) electrons. The summed E-state index contributed by atoms with van der Waals surface area (Å²) in [5, 5.41) is 0. The Morgan fingerprint density at radius 2 is 2.22 bits per heavy atom. The average molecular weight is 245 g/mol. The minimum Gasteiger partial charge on any atom is -0.492 e. The van der Waals surface area contributed by atoms with Crippen LogP contribution in [-0.4, -0.2) is 17.4 Å². The Bertz CT molecular complexity index is 452. The Kier molecular flexibility index (Phi) is 4.51. The van der Waals surface area contributed by atoms with Gasteiger partial charge in [-0.1, -0.05) is 12.5 Å². The summed E-state index contributed by atoms with van der Waals surface area (Å²) in [6, 6.07) is 1.78. The number of allylic oxidation sites excluding steroid dienone is 2. The lowest BCUT2D eigenvalue weighted by Gasteiger charge is -2.06. The summed E-state index contributed by atoms with van der Waals surface area (Å²) < 4.78 is 5.37. The third-order valence-corrected chi connectivity index (χ3v) is 3.12. The molecule has 18 heavy (non-hydrogen) atoms. The van der Waals surface area contributed by atoms with Crippen molar-refractivity contribution in [1.29, 1.82) is 0 Å². The minimum atomic E-state index is 0.103. The van der Waals surface area contributed by atoms with E-state index in [9.17, 15) is 4.79 Å².